The maximum Gasteiger partial charge on any atom is 0.291 e. The van der Waals surface area contributed by atoms with Gasteiger partial charge in [0.15, 0.2) is 5.01 Å². The van der Waals surface area contributed by atoms with Gasteiger partial charge in [0.05, 0.1) is 0 Å². The third kappa shape index (κ3) is 5.92. The number of halogens is 2. The topological polar surface area (TPSA) is 84.0 Å². The number of nitrogens with zero attached hydrogens (tertiary/aromatic N) is 2. The average molecular weight is 338 g/mol. The van der Waals surface area contributed by atoms with Crippen LogP contribution in [0.15, 0.2) is 0 Å². The molecule has 0 fully saturated rings. The average Bonchev–Trinajstić information content (AvgIpc) is 2.91. The van der Waals surface area contributed by atoms with Gasteiger partial charge in [-0.05, 0) is 18.4 Å². The van der Waals surface area contributed by atoms with Crippen LogP contribution in [0.4, 0.5) is 13.9 Å². The number of anilines is 1. The standard InChI is InChI=1S/C11H16F2N4O2S2/c1-3-7(18)14-6(4-5-20-2)9(19)15-11-17-16-10(21-11)8(12)13/h6,8H,3-5H2,1-2H3,(H,14,18)(H,15,17,19). The highest BCUT2D eigenvalue weighted by atomic mass is 32.2. The van der Waals surface area contributed by atoms with Crippen LogP contribution in [-0.2, 0) is 9.59 Å². The Hall–Kier alpha value is -1.29. The van der Waals surface area contributed by atoms with Gasteiger partial charge in [-0.25, -0.2) is 8.78 Å². The number of amides is 2. The van der Waals surface area contributed by atoms with E-state index in [0.29, 0.717) is 23.5 Å². The van der Waals surface area contributed by atoms with Crippen LogP contribution >= 0.6 is 23.1 Å². The molecule has 0 bridgehead atoms. The molecule has 0 aliphatic heterocycles. The lowest BCUT2D eigenvalue weighted by Gasteiger charge is -2.16. The number of nitrogens with one attached hydrogen (secondary N) is 2. The molecule has 21 heavy (non-hydrogen) atoms. The second-order valence-corrected chi connectivity index (χ2v) is 5.99. The summed E-state index contributed by atoms with van der Waals surface area (Å²) in [5.74, 6) is -0.0508. The molecule has 1 aromatic rings. The summed E-state index contributed by atoms with van der Waals surface area (Å²) in [6.45, 7) is 1.68. The summed E-state index contributed by atoms with van der Waals surface area (Å²) < 4.78 is 24.8. The van der Waals surface area contributed by atoms with Crippen molar-refractivity contribution in [3.05, 3.63) is 5.01 Å². The van der Waals surface area contributed by atoms with Crippen LogP contribution < -0.4 is 10.6 Å². The van der Waals surface area contributed by atoms with Crippen LogP contribution in [0.5, 0.6) is 0 Å². The van der Waals surface area contributed by atoms with Crippen LogP contribution in [0.25, 0.3) is 0 Å². The first-order valence-electron chi connectivity index (χ1n) is 6.18. The molecule has 2 N–H and O–H groups in total. The van der Waals surface area contributed by atoms with E-state index in [1.165, 1.54) is 0 Å². The van der Waals surface area contributed by atoms with E-state index in [-0.39, 0.29) is 17.5 Å². The largest absolute Gasteiger partial charge is 0.344 e. The van der Waals surface area contributed by atoms with Crippen molar-refractivity contribution in [3.63, 3.8) is 0 Å². The Bertz CT molecular complexity index is 485. The number of alkyl halides is 2. The van der Waals surface area contributed by atoms with E-state index in [4.69, 9.17) is 0 Å². The highest BCUT2D eigenvalue weighted by Gasteiger charge is 2.22. The number of hydrogen-bond acceptors (Lipinski definition) is 6. The fourth-order valence-electron chi connectivity index (χ4n) is 1.37. The van der Waals surface area contributed by atoms with E-state index < -0.39 is 23.4 Å². The van der Waals surface area contributed by atoms with Gasteiger partial charge in [-0.2, -0.15) is 11.8 Å². The molecule has 1 heterocycles. The van der Waals surface area contributed by atoms with Gasteiger partial charge in [-0.15, -0.1) is 10.2 Å². The molecule has 0 aliphatic carbocycles. The lowest BCUT2D eigenvalue weighted by atomic mass is 10.2. The SMILES string of the molecule is CCC(=O)NC(CCSC)C(=O)Nc1nnc(C(F)F)s1. The Kier molecular flexibility index (Phi) is 7.51. The second kappa shape index (κ2) is 8.88. The van der Waals surface area contributed by atoms with Crippen LogP contribution in [-0.4, -0.2) is 40.1 Å². The molecule has 2 amide bonds. The van der Waals surface area contributed by atoms with Crippen molar-refractivity contribution in [1.82, 2.24) is 15.5 Å². The molecule has 1 rings (SSSR count). The van der Waals surface area contributed by atoms with E-state index in [1.54, 1.807) is 18.7 Å². The lowest BCUT2D eigenvalue weighted by Crippen LogP contribution is -2.43. The molecule has 0 saturated carbocycles. The van der Waals surface area contributed by atoms with E-state index in [1.807, 2.05) is 6.26 Å². The number of carbonyl (C=O) groups is 2. The van der Waals surface area contributed by atoms with E-state index >= 15 is 0 Å². The first-order chi connectivity index (χ1) is 9.97. The van der Waals surface area contributed by atoms with Crippen molar-refractivity contribution in [2.24, 2.45) is 0 Å². The summed E-state index contributed by atoms with van der Waals surface area (Å²) in [7, 11) is 0. The first-order valence-corrected chi connectivity index (χ1v) is 8.39. The van der Waals surface area contributed by atoms with Crippen LogP contribution in [0.1, 0.15) is 31.2 Å². The van der Waals surface area contributed by atoms with Gasteiger partial charge >= 0.3 is 0 Å². The second-order valence-electron chi connectivity index (χ2n) is 3.99. The van der Waals surface area contributed by atoms with Crippen molar-refractivity contribution in [2.45, 2.75) is 32.2 Å². The molecule has 0 saturated heterocycles. The van der Waals surface area contributed by atoms with Gasteiger partial charge in [0.1, 0.15) is 6.04 Å². The smallest absolute Gasteiger partial charge is 0.291 e. The first kappa shape index (κ1) is 17.8. The van der Waals surface area contributed by atoms with Gasteiger partial charge in [0, 0.05) is 6.42 Å². The van der Waals surface area contributed by atoms with Crippen molar-refractivity contribution >= 4 is 40.0 Å². The third-order valence-corrected chi connectivity index (χ3v) is 3.93. The molecule has 1 aromatic heterocycles. The van der Waals surface area contributed by atoms with Crippen molar-refractivity contribution in [2.75, 3.05) is 17.3 Å². The molecular weight excluding hydrogens is 322 g/mol. The minimum Gasteiger partial charge on any atom is -0.344 e. The number of hydrogen-bond donors (Lipinski definition) is 2. The Labute approximate surface area is 129 Å². The van der Waals surface area contributed by atoms with E-state index in [9.17, 15) is 18.4 Å². The fraction of sp³-hybridized carbons (Fsp3) is 0.636. The third-order valence-electron chi connectivity index (χ3n) is 2.44. The zero-order valence-corrected chi connectivity index (χ0v) is 13.2. The molecule has 1 atom stereocenters. The summed E-state index contributed by atoms with van der Waals surface area (Å²) >= 11 is 2.15. The van der Waals surface area contributed by atoms with Crippen molar-refractivity contribution in [1.29, 1.82) is 0 Å². The zero-order valence-electron chi connectivity index (χ0n) is 11.6. The number of aromatic nitrogens is 2. The number of rotatable bonds is 8. The molecular formula is C11H16F2N4O2S2. The Morgan fingerprint density at radius 1 is 1.38 bits per heavy atom. The summed E-state index contributed by atoms with van der Waals surface area (Å²) in [6, 6.07) is -0.719. The molecule has 6 nitrogen and oxygen atoms in total. The predicted octanol–water partition coefficient (Wildman–Crippen LogP) is 2.06. The summed E-state index contributed by atoms with van der Waals surface area (Å²) in [6.07, 6.45) is -0.132. The quantitative estimate of drug-likeness (QED) is 0.758. The Balaban J connectivity index is 2.67. The molecule has 0 aromatic carbocycles. The highest BCUT2D eigenvalue weighted by Crippen LogP contribution is 2.25. The van der Waals surface area contributed by atoms with Crippen LogP contribution in [0, 0.1) is 0 Å². The monoisotopic (exact) mass is 338 g/mol. The van der Waals surface area contributed by atoms with Gasteiger partial charge in [0.25, 0.3) is 6.43 Å². The van der Waals surface area contributed by atoms with Gasteiger partial charge in [-0.3, -0.25) is 14.9 Å². The summed E-state index contributed by atoms with van der Waals surface area (Å²) in [5.41, 5.74) is 0. The van der Waals surface area contributed by atoms with Crippen LogP contribution in [0.3, 0.4) is 0 Å². The Morgan fingerprint density at radius 2 is 2.10 bits per heavy atom. The maximum absolute atomic E-state index is 12.4. The summed E-state index contributed by atoms with van der Waals surface area (Å²) in [4.78, 5) is 23.5. The van der Waals surface area contributed by atoms with Crippen molar-refractivity contribution < 1.29 is 18.4 Å². The summed E-state index contributed by atoms with van der Waals surface area (Å²) in [5, 5.41) is 11.3. The number of thioether (sulfide) groups is 1. The molecule has 10 heteroatoms. The van der Waals surface area contributed by atoms with Crippen molar-refractivity contribution in [3.8, 4) is 0 Å². The number of carbonyl (C=O) groups excluding carboxylic acids is 2. The lowest BCUT2D eigenvalue weighted by molar-refractivity contribution is -0.126. The highest BCUT2D eigenvalue weighted by molar-refractivity contribution is 7.98. The normalized spacial score (nSPS) is 12.2. The molecule has 0 aliphatic rings. The van der Waals surface area contributed by atoms with Crippen LogP contribution in [0.2, 0.25) is 0 Å². The minimum atomic E-state index is -2.72. The predicted molar refractivity (Wildman–Crippen MR) is 78.7 cm³/mol. The molecule has 118 valence electrons. The van der Waals surface area contributed by atoms with Gasteiger partial charge in [-0.1, -0.05) is 18.3 Å². The Morgan fingerprint density at radius 3 is 2.62 bits per heavy atom. The van der Waals surface area contributed by atoms with E-state index in [2.05, 4.69) is 20.8 Å². The van der Waals surface area contributed by atoms with Gasteiger partial charge < -0.3 is 5.32 Å². The molecule has 0 radical (unpaired) electrons. The fourth-order valence-corrected chi connectivity index (χ4v) is 2.44. The van der Waals surface area contributed by atoms with Gasteiger partial charge in [0.2, 0.25) is 16.9 Å². The molecule has 0 spiro atoms. The maximum atomic E-state index is 12.4. The van der Waals surface area contributed by atoms with E-state index in [0.717, 1.165) is 0 Å². The zero-order chi connectivity index (χ0) is 15.8. The molecule has 1 unspecified atom stereocenters. The minimum absolute atomic E-state index is 0.00445.